The van der Waals surface area contributed by atoms with E-state index in [4.69, 9.17) is 87.9 Å². The molecule has 0 radical (unpaired) electrons. The normalized spacial score (nSPS) is 18.3. The summed E-state index contributed by atoms with van der Waals surface area (Å²) in [6, 6.07) is 29.5. The molecule has 5 aromatic carbocycles. The van der Waals surface area contributed by atoms with E-state index < -0.39 is 106 Å². The average molecular weight is 2000 g/mol. The van der Waals surface area contributed by atoms with Gasteiger partial charge in [0, 0.05) is 85.5 Å². The zero-order valence-electron chi connectivity index (χ0n) is 80.7. The Hall–Kier alpha value is -11.4. The number of pyridine rings is 1. The number of carbonyl (C=O) groups excluding carboxylic acids is 8. The predicted octanol–water partition coefficient (Wildman–Crippen LogP) is 9.80. The Morgan fingerprint density at radius 2 is 1.20 bits per heavy atom. The molecule has 4 aliphatic carbocycles. The SMILES string of the molecule is COCCOCCOCCOCCOCCOCCOCCOCCOCCOCCOCCOc1ccc(C[C@@H](C(=O)N[C@H](C(=O)N(c2ccc(COC(=O)N(CCOC34CC5(C)CC(C)(CC(Cn6ncc(-c7ccc(-c8ccc9cccc(C(=O)Nc%10nc%11ccccc%11s%10)c9c8)nc7C(=O)O)c6C)(C5)C3)C4)CCS(=O)(=O)O)cc2)[C@@H](CCCNC(N)=O)C(N)=O)C(C)C)N2C(=O)C=CC2=O)cc1. The number of nitrogens with two attached hydrogens (primary N) is 2. The Morgan fingerprint density at radius 3 is 1.75 bits per heavy atom. The van der Waals surface area contributed by atoms with E-state index in [1.54, 1.807) is 75.7 Å². The summed E-state index contributed by atoms with van der Waals surface area (Å²) in [4.78, 5) is 136. The van der Waals surface area contributed by atoms with Gasteiger partial charge in [-0.15, -0.1) is 0 Å². The van der Waals surface area contributed by atoms with Gasteiger partial charge >= 0.3 is 18.1 Å². The monoisotopic (exact) mass is 1990 g/mol. The molecule has 13 rings (SSSR count). The quantitative estimate of drug-likeness (QED) is 0.0106. The maximum atomic E-state index is 15.4. The summed E-state index contributed by atoms with van der Waals surface area (Å²) in [5, 5.41) is 25.9. The summed E-state index contributed by atoms with van der Waals surface area (Å²) in [5.74, 6) is -6.88. The minimum absolute atomic E-state index is 0.0177. The second-order valence-electron chi connectivity index (χ2n) is 36.6. The summed E-state index contributed by atoms with van der Waals surface area (Å²) in [5.41, 5.74) is 14.8. The number of methoxy groups -OCH3 is 1. The van der Waals surface area contributed by atoms with Gasteiger partial charge in [-0.25, -0.2) is 24.4 Å². The van der Waals surface area contributed by atoms with E-state index in [9.17, 15) is 56.4 Å². The fraction of sp³-hybridized carbons (Fsp3) is 0.520. The molecular weight excluding hydrogens is 1870 g/mol. The summed E-state index contributed by atoms with van der Waals surface area (Å²) >= 11 is 1.37. The topological polar surface area (TPSA) is 499 Å². The van der Waals surface area contributed by atoms with Gasteiger partial charge in [-0.3, -0.25) is 53.1 Å². The maximum absolute atomic E-state index is 15.4. The van der Waals surface area contributed by atoms with E-state index in [1.165, 1.54) is 35.6 Å². The third-order valence-corrected chi connectivity index (χ3v) is 26.6. The molecule has 5 atom stereocenters. The van der Waals surface area contributed by atoms with E-state index in [0.717, 1.165) is 67.4 Å². The minimum atomic E-state index is -4.61. The van der Waals surface area contributed by atoms with Crippen LogP contribution in [0.1, 0.15) is 117 Å². The number of nitrogens with zero attached hydrogens (tertiary/aromatic N) is 7. The van der Waals surface area contributed by atoms with Crippen molar-refractivity contribution in [2.45, 2.75) is 129 Å². The molecule has 4 saturated carbocycles. The molecule has 8 aromatic rings. The summed E-state index contributed by atoms with van der Waals surface area (Å²) in [6.07, 6.45) is 7.24. The fourth-order valence-corrected chi connectivity index (χ4v) is 20.9. The number of hydrogen-bond donors (Lipinski definition) is 7. The van der Waals surface area contributed by atoms with Crippen LogP contribution in [0, 0.1) is 29.1 Å². The number of primary amides is 2. The highest BCUT2D eigenvalue weighted by atomic mass is 32.2. The lowest BCUT2D eigenvalue weighted by molar-refractivity contribution is -0.248. The van der Waals surface area contributed by atoms with Crippen molar-refractivity contribution in [3.63, 3.8) is 0 Å². The van der Waals surface area contributed by atoms with Gasteiger partial charge in [0.25, 0.3) is 33.7 Å². The number of aromatic carboxylic acids is 1. The number of fused-ring (bicyclic) bond motifs is 2. The molecule has 39 nitrogen and oxygen atoms in total. The molecule has 4 bridgehead atoms. The molecule has 9 N–H and O–H groups in total. The van der Waals surface area contributed by atoms with Crippen LogP contribution in [0.5, 0.6) is 5.75 Å². The fourth-order valence-electron chi connectivity index (χ4n) is 19.6. The third-order valence-electron chi connectivity index (χ3n) is 24.9. The summed E-state index contributed by atoms with van der Waals surface area (Å²) < 4.78 is 117. The minimum Gasteiger partial charge on any atom is -0.491 e. The molecule has 2 unspecified atom stereocenters. The number of carboxylic acids is 1. The Morgan fingerprint density at radius 1 is 0.624 bits per heavy atom. The molecule has 141 heavy (non-hydrogen) atoms. The molecule has 9 amide bonds. The lowest BCUT2D eigenvalue weighted by atomic mass is 9.39. The molecule has 3 aromatic heterocycles. The number of amides is 9. The molecule has 4 heterocycles. The van der Waals surface area contributed by atoms with Crippen molar-refractivity contribution < 1.29 is 128 Å². The van der Waals surface area contributed by atoms with E-state index in [0.29, 0.717) is 213 Å². The molecule has 4 fully saturated rings. The van der Waals surface area contributed by atoms with Gasteiger partial charge < -0.3 is 98.4 Å². The number of aromatic nitrogens is 4. The van der Waals surface area contributed by atoms with Crippen LogP contribution < -0.4 is 37.1 Å². The van der Waals surface area contributed by atoms with Gasteiger partial charge in [0.05, 0.1) is 179 Å². The van der Waals surface area contributed by atoms with Crippen LogP contribution in [-0.4, -0.2) is 309 Å². The van der Waals surface area contributed by atoms with Crippen molar-refractivity contribution in [1.82, 2.24) is 40.2 Å². The highest BCUT2D eigenvalue weighted by Crippen LogP contribution is 2.72. The van der Waals surface area contributed by atoms with Crippen LogP contribution in [0.2, 0.25) is 0 Å². The first-order chi connectivity index (χ1) is 67.8. The number of benzene rings is 5. The van der Waals surface area contributed by atoms with E-state index in [-0.39, 0.29) is 85.7 Å². The first-order valence-electron chi connectivity index (χ1n) is 47.4. The van der Waals surface area contributed by atoms with Gasteiger partial charge in [-0.2, -0.15) is 13.5 Å². The number of carbonyl (C=O) groups is 9. The Balaban J connectivity index is 0.605. The van der Waals surface area contributed by atoms with Crippen LogP contribution in [0.4, 0.5) is 20.4 Å². The number of ether oxygens (including phenoxy) is 14. The van der Waals surface area contributed by atoms with Gasteiger partial charge in [-0.1, -0.05) is 99.7 Å². The molecule has 0 saturated heterocycles. The molecule has 0 spiro atoms. The molecular formula is C100H130N12O27S2. The number of urea groups is 1. The number of para-hydroxylation sites is 1. The largest absolute Gasteiger partial charge is 0.491 e. The Bertz CT molecular complexity index is 5620. The zero-order valence-corrected chi connectivity index (χ0v) is 82.3. The van der Waals surface area contributed by atoms with E-state index in [1.807, 2.05) is 60.1 Å². The highest BCUT2D eigenvalue weighted by Gasteiger charge is 2.66. The van der Waals surface area contributed by atoms with Crippen LogP contribution in [-0.2, 0) is 115 Å². The van der Waals surface area contributed by atoms with Crippen molar-refractivity contribution in [3.05, 3.63) is 168 Å². The summed E-state index contributed by atoms with van der Waals surface area (Å²) in [6.45, 7) is 18.3. The van der Waals surface area contributed by atoms with E-state index >= 15 is 4.79 Å². The molecule has 41 heteroatoms. The third kappa shape index (κ3) is 31.8. The number of hydrogen-bond acceptors (Lipinski definition) is 29. The number of thiazole rings is 1. The van der Waals surface area contributed by atoms with Crippen LogP contribution in [0.3, 0.4) is 0 Å². The second kappa shape index (κ2) is 52.6. The van der Waals surface area contributed by atoms with Gasteiger partial charge in [0.1, 0.15) is 37.1 Å². The molecule has 5 aliphatic rings. The van der Waals surface area contributed by atoms with Crippen LogP contribution in [0.25, 0.3) is 43.4 Å². The number of anilines is 2. The predicted molar refractivity (Wildman–Crippen MR) is 522 cm³/mol. The van der Waals surface area contributed by atoms with E-state index in [2.05, 4.69) is 34.8 Å². The van der Waals surface area contributed by atoms with Crippen LogP contribution in [0.15, 0.2) is 140 Å². The maximum Gasteiger partial charge on any atom is 0.410 e. The van der Waals surface area contributed by atoms with Crippen molar-refractivity contribution >= 4 is 107 Å². The Kier molecular flexibility index (Phi) is 40.4. The average Bonchev–Trinajstić information content (AvgIpc) is 1.25. The lowest BCUT2D eigenvalue weighted by Crippen LogP contribution is -2.64. The number of nitrogens with one attached hydrogen (secondary N) is 3. The number of rotatable bonds is 64. The lowest BCUT2D eigenvalue weighted by Gasteiger charge is -2.69. The first-order valence-corrected chi connectivity index (χ1v) is 49.8. The van der Waals surface area contributed by atoms with Gasteiger partial charge in [0.2, 0.25) is 11.8 Å². The standard InChI is InChI=1S/C100H130N12O27S2/c1-68(2)87(107-91(117)83(112-85(113)28-29-86(112)114)57-70-18-24-75(25-19-70)137-55-54-136-53-52-135-51-50-134-49-48-133-47-46-132-45-44-131-43-42-130-41-40-129-39-38-128-37-36-127-35-34-126-6)92(118)111(82(89(101)115)14-10-30-103-94(102)121)74-22-16-71(17-23-74)60-138-96(122)109(32-56-141(123,124)125)31-33-139-100-64-97(4)61-98(5,65-100)63-99(62-97,66-100)67-110-69(3)79(59-104-110)76-26-27-80(105-88(76)93(119)120)73-21-20-72-11-9-12-77(78(72)58-73)90(116)108-95-106-81-13-7-8-15-84(81)140-95/h7-9,11-13,15-29,58-59,68,82-83,87H,10,14,30-57,60-67H2,1-6H3,(H2,101,115)(H,107,117)(H,119,120)(H3,102,103,121)(H,106,108,116)(H,123,124,125)/t82-,83-,87-,97?,98?,99?,100?/m0/s1. The first kappa shape index (κ1) is 108. The van der Waals surface area contributed by atoms with Crippen molar-refractivity contribution in [3.8, 4) is 28.1 Å². The molecule has 764 valence electrons. The van der Waals surface area contributed by atoms with Crippen LogP contribution >= 0.6 is 11.3 Å². The number of imide groups is 1. The Labute approximate surface area is 823 Å². The highest BCUT2D eigenvalue weighted by molar-refractivity contribution is 7.85. The van der Waals surface area contributed by atoms with Crippen molar-refractivity contribution in [2.75, 3.05) is 195 Å². The second-order valence-corrected chi connectivity index (χ2v) is 39.2. The number of carboxylic acid groups (broad SMARTS) is 1. The van der Waals surface area contributed by atoms with Crippen molar-refractivity contribution in [1.29, 1.82) is 0 Å². The van der Waals surface area contributed by atoms with Gasteiger partial charge in [-0.05, 0) is 163 Å². The smallest absolute Gasteiger partial charge is 0.410 e. The van der Waals surface area contributed by atoms with Gasteiger partial charge in [0.15, 0.2) is 10.8 Å². The zero-order chi connectivity index (χ0) is 101. The van der Waals surface area contributed by atoms with Crippen molar-refractivity contribution in [2.24, 2.45) is 33.6 Å². The molecule has 1 aliphatic heterocycles. The summed E-state index contributed by atoms with van der Waals surface area (Å²) in [7, 11) is -2.98.